The van der Waals surface area contributed by atoms with Gasteiger partial charge in [-0.2, -0.15) is 0 Å². The van der Waals surface area contributed by atoms with Crippen molar-refractivity contribution >= 4 is 39.1 Å². The van der Waals surface area contributed by atoms with Gasteiger partial charge >= 0.3 is 0 Å². The van der Waals surface area contributed by atoms with Crippen LogP contribution in [-0.4, -0.2) is 50.5 Å². The summed E-state index contributed by atoms with van der Waals surface area (Å²) in [5.41, 5.74) is 2.47. The number of rotatable bonds is 13. The summed E-state index contributed by atoms with van der Waals surface area (Å²) in [6.45, 7) is 6.83. The maximum Gasteiger partial charge on any atom is 0.242 e. The standard InChI is InChI=1S/C26H36ClN3O4S/c1-5-15-28-26(32)24(6-2)29(19-21-11-7-10-20(3)17-21)25(31)14-9-16-30(35(4,33)34)23-13-8-12-22(27)18-23/h7-8,10-13,17-18,24H,5-6,9,14-16,19H2,1-4H3,(H,28,32)/t24-/m1/s1. The van der Waals surface area contributed by atoms with Crippen molar-refractivity contribution in [2.24, 2.45) is 0 Å². The van der Waals surface area contributed by atoms with E-state index in [0.717, 1.165) is 23.8 Å². The first-order chi connectivity index (χ1) is 16.6. The van der Waals surface area contributed by atoms with E-state index in [4.69, 9.17) is 11.6 Å². The Morgan fingerprint density at radius 2 is 1.80 bits per heavy atom. The fraction of sp³-hybridized carbons (Fsp3) is 0.462. The van der Waals surface area contributed by atoms with Crippen LogP contribution in [0.1, 0.15) is 50.7 Å². The van der Waals surface area contributed by atoms with Crippen molar-refractivity contribution in [3.05, 3.63) is 64.7 Å². The number of carbonyl (C=O) groups excluding carboxylic acids is 2. The van der Waals surface area contributed by atoms with Crippen LogP contribution in [0.15, 0.2) is 48.5 Å². The van der Waals surface area contributed by atoms with E-state index in [1.807, 2.05) is 45.0 Å². The molecule has 0 aromatic heterocycles. The molecular weight excluding hydrogens is 486 g/mol. The molecule has 2 amide bonds. The Labute approximate surface area is 214 Å². The molecule has 2 aromatic rings. The lowest BCUT2D eigenvalue weighted by molar-refractivity contribution is -0.141. The Kier molecular flexibility index (Phi) is 11.0. The molecule has 0 bridgehead atoms. The maximum atomic E-state index is 13.4. The van der Waals surface area contributed by atoms with Gasteiger partial charge in [0, 0.05) is 31.1 Å². The summed E-state index contributed by atoms with van der Waals surface area (Å²) < 4.78 is 26.1. The molecule has 0 spiro atoms. The zero-order valence-corrected chi connectivity index (χ0v) is 22.5. The van der Waals surface area contributed by atoms with Gasteiger partial charge in [0.2, 0.25) is 21.8 Å². The number of halogens is 1. The third kappa shape index (κ3) is 8.85. The Bertz CT molecular complexity index is 1110. The van der Waals surface area contributed by atoms with Gasteiger partial charge < -0.3 is 10.2 Å². The third-order valence-electron chi connectivity index (χ3n) is 5.62. The van der Waals surface area contributed by atoms with Gasteiger partial charge in [0.05, 0.1) is 11.9 Å². The summed E-state index contributed by atoms with van der Waals surface area (Å²) in [4.78, 5) is 27.9. The smallest absolute Gasteiger partial charge is 0.242 e. The van der Waals surface area contributed by atoms with Crippen molar-refractivity contribution in [3.63, 3.8) is 0 Å². The summed E-state index contributed by atoms with van der Waals surface area (Å²) in [6.07, 6.45) is 2.82. The SMILES string of the molecule is CCCNC(=O)[C@@H](CC)N(Cc1cccc(C)c1)C(=O)CCCN(c1cccc(Cl)c1)S(C)(=O)=O. The number of nitrogens with zero attached hydrogens (tertiary/aromatic N) is 2. The number of hydrogen-bond acceptors (Lipinski definition) is 4. The third-order valence-corrected chi connectivity index (χ3v) is 7.05. The highest BCUT2D eigenvalue weighted by atomic mass is 35.5. The summed E-state index contributed by atoms with van der Waals surface area (Å²) >= 11 is 6.05. The molecule has 0 saturated heterocycles. The molecule has 2 aromatic carbocycles. The van der Waals surface area contributed by atoms with Gasteiger partial charge in [-0.05, 0) is 49.9 Å². The average molecular weight is 522 g/mol. The second kappa shape index (κ2) is 13.5. The van der Waals surface area contributed by atoms with E-state index in [1.54, 1.807) is 29.2 Å². The Balaban J connectivity index is 2.20. The lowest BCUT2D eigenvalue weighted by Gasteiger charge is -2.31. The molecule has 9 heteroatoms. The Morgan fingerprint density at radius 3 is 2.40 bits per heavy atom. The first kappa shape index (κ1) is 28.7. The lowest BCUT2D eigenvalue weighted by Crippen LogP contribution is -2.49. The monoisotopic (exact) mass is 521 g/mol. The molecule has 35 heavy (non-hydrogen) atoms. The average Bonchev–Trinajstić information content (AvgIpc) is 2.79. The summed E-state index contributed by atoms with van der Waals surface area (Å²) in [5.74, 6) is -0.364. The van der Waals surface area contributed by atoms with Gasteiger partial charge in [-0.3, -0.25) is 13.9 Å². The number of amides is 2. The zero-order chi connectivity index (χ0) is 26.0. The van der Waals surface area contributed by atoms with Crippen LogP contribution in [0.3, 0.4) is 0 Å². The molecule has 0 saturated carbocycles. The second-order valence-corrected chi connectivity index (χ2v) is 11.0. The Morgan fingerprint density at radius 1 is 1.09 bits per heavy atom. The fourth-order valence-electron chi connectivity index (χ4n) is 3.93. The van der Waals surface area contributed by atoms with Gasteiger partial charge in [0.15, 0.2) is 0 Å². The predicted octanol–water partition coefficient (Wildman–Crippen LogP) is 4.53. The van der Waals surface area contributed by atoms with E-state index >= 15 is 0 Å². The number of aryl methyl sites for hydroxylation is 1. The van der Waals surface area contributed by atoms with E-state index in [2.05, 4.69) is 5.32 Å². The molecule has 1 atom stereocenters. The molecule has 1 N–H and O–H groups in total. The summed E-state index contributed by atoms with van der Waals surface area (Å²) in [6, 6.07) is 13.9. The van der Waals surface area contributed by atoms with Crippen LogP contribution in [0.4, 0.5) is 5.69 Å². The Hall–Kier alpha value is -2.58. The highest BCUT2D eigenvalue weighted by molar-refractivity contribution is 7.92. The first-order valence-corrected chi connectivity index (χ1v) is 14.2. The number of hydrogen-bond donors (Lipinski definition) is 1. The van der Waals surface area contributed by atoms with E-state index < -0.39 is 16.1 Å². The van der Waals surface area contributed by atoms with Crippen molar-refractivity contribution in [2.45, 2.75) is 59.0 Å². The van der Waals surface area contributed by atoms with Crippen LogP contribution in [-0.2, 0) is 26.2 Å². The predicted molar refractivity (Wildman–Crippen MR) is 142 cm³/mol. The highest BCUT2D eigenvalue weighted by Gasteiger charge is 2.28. The number of anilines is 1. The van der Waals surface area contributed by atoms with E-state index in [-0.39, 0.29) is 24.8 Å². The minimum Gasteiger partial charge on any atom is -0.354 e. The van der Waals surface area contributed by atoms with Gasteiger partial charge in [-0.25, -0.2) is 8.42 Å². The van der Waals surface area contributed by atoms with Crippen molar-refractivity contribution in [2.75, 3.05) is 23.7 Å². The first-order valence-electron chi connectivity index (χ1n) is 11.9. The number of benzene rings is 2. The number of sulfonamides is 1. The minimum atomic E-state index is -3.57. The van der Waals surface area contributed by atoms with Crippen molar-refractivity contribution in [1.29, 1.82) is 0 Å². The largest absolute Gasteiger partial charge is 0.354 e. The molecule has 2 rings (SSSR count). The van der Waals surface area contributed by atoms with Gasteiger partial charge in [-0.1, -0.05) is 61.3 Å². The van der Waals surface area contributed by atoms with Crippen molar-refractivity contribution < 1.29 is 18.0 Å². The van der Waals surface area contributed by atoms with Crippen LogP contribution in [0.2, 0.25) is 5.02 Å². The molecule has 192 valence electrons. The molecule has 0 fully saturated rings. The molecular formula is C26H36ClN3O4S. The lowest BCUT2D eigenvalue weighted by atomic mass is 10.1. The molecule has 7 nitrogen and oxygen atoms in total. The van der Waals surface area contributed by atoms with E-state index in [9.17, 15) is 18.0 Å². The zero-order valence-electron chi connectivity index (χ0n) is 21.0. The van der Waals surface area contributed by atoms with E-state index in [1.165, 1.54) is 4.31 Å². The normalized spacial score (nSPS) is 12.1. The molecule has 0 aliphatic rings. The molecule has 0 unspecified atom stereocenters. The summed E-state index contributed by atoms with van der Waals surface area (Å²) in [5, 5.41) is 3.33. The number of nitrogens with one attached hydrogen (secondary N) is 1. The minimum absolute atomic E-state index is 0.107. The highest BCUT2D eigenvalue weighted by Crippen LogP contribution is 2.23. The van der Waals surface area contributed by atoms with Gasteiger partial charge in [0.25, 0.3) is 0 Å². The van der Waals surface area contributed by atoms with Crippen LogP contribution in [0.25, 0.3) is 0 Å². The van der Waals surface area contributed by atoms with Crippen LogP contribution >= 0.6 is 11.6 Å². The topological polar surface area (TPSA) is 86.8 Å². The van der Waals surface area contributed by atoms with Gasteiger partial charge in [-0.15, -0.1) is 0 Å². The molecule has 0 heterocycles. The van der Waals surface area contributed by atoms with E-state index in [0.29, 0.717) is 36.6 Å². The van der Waals surface area contributed by atoms with Crippen LogP contribution < -0.4 is 9.62 Å². The maximum absolute atomic E-state index is 13.4. The quantitative estimate of drug-likeness (QED) is 0.419. The molecule has 0 aliphatic heterocycles. The molecule has 0 radical (unpaired) electrons. The second-order valence-electron chi connectivity index (χ2n) is 8.64. The fourth-order valence-corrected chi connectivity index (χ4v) is 5.07. The van der Waals surface area contributed by atoms with Gasteiger partial charge in [0.1, 0.15) is 6.04 Å². The molecule has 0 aliphatic carbocycles. The summed E-state index contributed by atoms with van der Waals surface area (Å²) in [7, 11) is -3.57. The number of carbonyl (C=O) groups is 2. The van der Waals surface area contributed by atoms with Crippen LogP contribution in [0.5, 0.6) is 0 Å². The van der Waals surface area contributed by atoms with Crippen LogP contribution in [0, 0.1) is 6.92 Å². The van der Waals surface area contributed by atoms with Crippen molar-refractivity contribution in [1.82, 2.24) is 10.2 Å². The van der Waals surface area contributed by atoms with Crippen molar-refractivity contribution in [3.8, 4) is 0 Å².